The van der Waals surface area contributed by atoms with E-state index in [1.165, 1.54) is 18.3 Å². The Hall–Kier alpha value is -2.69. The molecule has 2 atom stereocenters. The number of pyridine rings is 1. The first-order valence-electron chi connectivity index (χ1n) is 10.2. The summed E-state index contributed by atoms with van der Waals surface area (Å²) in [4.78, 5) is 4.19. The molecule has 0 amide bonds. The second-order valence-corrected chi connectivity index (χ2v) is 8.24. The molecule has 11 heteroatoms. The van der Waals surface area contributed by atoms with Gasteiger partial charge in [-0.05, 0) is 41.5 Å². The fourth-order valence-electron chi connectivity index (χ4n) is 3.73. The van der Waals surface area contributed by atoms with Crippen molar-refractivity contribution in [2.75, 3.05) is 13.7 Å². The maximum Gasteiger partial charge on any atom is 0.416 e. The van der Waals surface area contributed by atoms with Gasteiger partial charge in [0.25, 0.3) is 0 Å². The van der Waals surface area contributed by atoms with Gasteiger partial charge in [0, 0.05) is 26.3 Å². The predicted octanol–water partition coefficient (Wildman–Crippen LogP) is 6.55. The second-order valence-electron chi connectivity index (χ2n) is 7.80. The van der Waals surface area contributed by atoms with Crippen LogP contribution in [0.2, 0.25) is 5.02 Å². The first kappa shape index (κ1) is 26.9. The molecule has 0 spiro atoms. The highest BCUT2D eigenvalue weighted by Crippen LogP contribution is 2.38. The van der Waals surface area contributed by atoms with Crippen molar-refractivity contribution in [3.63, 3.8) is 0 Å². The number of ether oxygens (including phenoxy) is 1. The number of alkyl halides is 6. The Balaban J connectivity index is 2.27. The minimum Gasteiger partial charge on any atom is -0.371 e. The number of nitrogens with zero attached hydrogens (tertiary/aromatic N) is 1. The van der Waals surface area contributed by atoms with Crippen LogP contribution in [0.4, 0.5) is 30.7 Å². The van der Waals surface area contributed by atoms with Gasteiger partial charge in [-0.2, -0.15) is 26.3 Å². The van der Waals surface area contributed by atoms with Crippen molar-refractivity contribution < 1.29 is 35.5 Å². The molecule has 1 N–H and O–H groups in total. The van der Waals surface area contributed by atoms with Crippen LogP contribution in [0, 0.1) is 5.82 Å². The zero-order chi connectivity index (χ0) is 25.9. The topological polar surface area (TPSA) is 34.1 Å². The normalized spacial score (nSPS) is 15.0. The molecule has 1 heterocycles. The minimum atomic E-state index is -4.90. The van der Waals surface area contributed by atoms with Crippen LogP contribution < -0.4 is 5.32 Å². The van der Waals surface area contributed by atoms with Crippen molar-refractivity contribution in [3.05, 3.63) is 100 Å². The highest BCUT2D eigenvalue weighted by atomic mass is 35.5. The number of hydrogen-bond donors (Lipinski definition) is 1. The lowest BCUT2D eigenvalue weighted by atomic mass is 9.79. The molecule has 0 saturated carbocycles. The average molecular weight is 521 g/mol. The summed E-state index contributed by atoms with van der Waals surface area (Å²) in [5, 5.41) is 2.91. The molecule has 0 fully saturated rings. The van der Waals surface area contributed by atoms with Crippen LogP contribution in [0.15, 0.2) is 66.9 Å². The summed E-state index contributed by atoms with van der Waals surface area (Å²) in [5.74, 6) is -1.21. The molecule has 1 unspecified atom stereocenters. The van der Waals surface area contributed by atoms with Crippen molar-refractivity contribution in [1.82, 2.24) is 10.3 Å². The average Bonchev–Trinajstić information content (AvgIpc) is 2.78. The molecular formula is C24H20ClF7N2O. The summed E-state index contributed by atoms with van der Waals surface area (Å²) in [7, 11) is 0.864. The lowest BCUT2D eigenvalue weighted by Gasteiger charge is -2.37. The third-order valence-electron chi connectivity index (χ3n) is 5.43. The lowest BCUT2D eigenvalue weighted by molar-refractivity contribution is -0.211. The van der Waals surface area contributed by atoms with Crippen molar-refractivity contribution in [2.24, 2.45) is 0 Å². The SMILES string of the molecule is COC(CN[C@@](Cc1ccccc1)(c1cc(F)cc(C(F)(F)F)c1)c1ccc(Cl)cn1)C(F)(F)F. The third-order valence-corrected chi connectivity index (χ3v) is 5.66. The first-order valence-corrected chi connectivity index (χ1v) is 10.6. The van der Waals surface area contributed by atoms with E-state index < -0.39 is 41.9 Å². The van der Waals surface area contributed by atoms with Crippen molar-refractivity contribution in [3.8, 4) is 0 Å². The molecule has 35 heavy (non-hydrogen) atoms. The van der Waals surface area contributed by atoms with Crippen LogP contribution in [-0.4, -0.2) is 30.9 Å². The standard InChI is InChI=1S/C24H20ClF7N2O/c1-35-21(24(30,31)32)14-34-22(12-15-5-3-2-4-6-15,20-8-7-18(25)13-33-20)16-9-17(23(27,28)29)11-19(26)10-16/h2-11,13,21,34H,12,14H2,1H3/t21?,22-/m0/s1. The van der Waals surface area contributed by atoms with E-state index in [-0.39, 0.29) is 22.7 Å². The maximum atomic E-state index is 14.5. The summed E-state index contributed by atoms with van der Waals surface area (Å²) in [6.07, 6.45) is -10.9. The predicted molar refractivity (Wildman–Crippen MR) is 116 cm³/mol. The Morgan fingerprint density at radius 2 is 1.60 bits per heavy atom. The van der Waals surface area contributed by atoms with Gasteiger partial charge in [0.1, 0.15) is 5.82 Å². The van der Waals surface area contributed by atoms with E-state index in [2.05, 4.69) is 15.0 Å². The summed E-state index contributed by atoms with van der Waals surface area (Å²) >= 11 is 5.93. The van der Waals surface area contributed by atoms with Gasteiger partial charge in [0.15, 0.2) is 6.10 Å². The lowest BCUT2D eigenvalue weighted by Crippen LogP contribution is -2.52. The Morgan fingerprint density at radius 1 is 0.943 bits per heavy atom. The van der Waals surface area contributed by atoms with Crippen LogP contribution in [0.25, 0.3) is 0 Å². The number of nitrogens with one attached hydrogen (secondary N) is 1. The van der Waals surface area contributed by atoms with E-state index in [1.54, 1.807) is 30.3 Å². The Morgan fingerprint density at radius 3 is 2.14 bits per heavy atom. The fraction of sp³-hybridized carbons (Fsp3) is 0.292. The van der Waals surface area contributed by atoms with Crippen molar-refractivity contribution >= 4 is 11.6 Å². The summed E-state index contributed by atoms with van der Waals surface area (Å²) in [6.45, 7) is -0.852. The molecular weight excluding hydrogens is 501 g/mol. The van der Waals surface area contributed by atoms with Gasteiger partial charge in [-0.15, -0.1) is 0 Å². The Kier molecular flexibility index (Phi) is 8.08. The van der Waals surface area contributed by atoms with Gasteiger partial charge < -0.3 is 4.74 Å². The molecule has 1 aromatic heterocycles. The van der Waals surface area contributed by atoms with Crippen LogP contribution >= 0.6 is 11.6 Å². The monoisotopic (exact) mass is 520 g/mol. The van der Waals surface area contributed by atoms with Gasteiger partial charge in [-0.25, -0.2) is 4.39 Å². The molecule has 3 aromatic rings. The number of rotatable bonds is 8. The second kappa shape index (κ2) is 10.5. The highest BCUT2D eigenvalue weighted by Gasteiger charge is 2.44. The van der Waals surface area contributed by atoms with Crippen molar-refractivity contribution in [1.29, 1.82) is 0 Å². The molecule has 0 aliphatic carbocycles. The first-order chi connectivity index (χ1) is 16.3. The van der Waals surface area contributed by atoms with E-state index in [4.69, 9.17) is 11.6 Å². The molecule has 0 saturated heterocycles. The summed E-state index contributed by atoms with van der Waals surface area (Å²) in [5.41, 5.74) is -2.77. The number of methoxy groups -OCH3 is 1. The van der Waals surface area contributed by atoms with Gasteiger partial charge in [-0.1, -0.05) is 41.9 Å². The van der Waals surface area contributed by atoms with E-state index in [0.29, 0.717) is 17.7 Å². The van der Waals surface area contributed by atoms with Crippen LogP contribution in [0.1, 0.15) is 22.4 Å². The van der Waals surface area contributed by atoms with E-state index in [9.17, 15) is 30.7 Å². The number of hydrogen-bond acceptors (Lipinski definition) is 3. The zero-order valence-electron chi connectivity index (χ0n) is 18.2. The quantitative estimate of drug-likeness (QED) is 0.342. The molecule has 2 aromatic carbocycles. The molecule has 188 valence electrons. The smallest absolute Gasteiger partial charge is 0.371 e. The fourth-order valence-corrected chi connectivity index (χ4v) is 3.84. The molecule has 3 nitrogen and oxygen atoms in total. The van der Waals surface area contributed by atoms with Gasteiger partial charge in [-0.3, -0.25) is 10.3 Å². The van der Waals surface area contributed by atoms with E-state index in [0.717, 1.165) is 13.2 Å². The highest BCUT2D eigenvalue weighted by molar-refractivity contribution is 6.30. The molecule has 0 aliphatic rings. The third kappa shape index (κ3) is 6.50. The number of benzene rings is 2. The van der Waals surface area contributed by atoms with Crippen LogP contribution in [0.5, 0.6) is 0 Å². The van der Waals surface area contributed by atoms with E-state index >= 15 is 0 Å². The Bertz CT molecular complexity index is 1120. The molecule has 3 rings (SSSR count). The minimum absolute atomic E-state index is 0.0431. The van der Waals surface area contributed by atoms with Gasteiger partial charge >= 0.3 is 12.4 Å². The summed E-state index contributed by atoms with van der Waals surface area (Å²) in [6, 6.07) is 12.9. The van der Waals surface area contributed by atoms with Gasteiger partial charge in [0.05, 0.1) is 21.8 Å². The van der Waals surface area contributed by atoms with Crippen LogP contribution in [-0.2, 0) is 22.9 Å². The molecule has 0 bridgehead atoms. The summed E-state index contributed by atoms with van der Waals surface area (Å²) < 4.78 is 100. The Labute approximate surface area is 201 Å². The maximum absolute atomic E-state index is 14.5. The number of aromatic nitrogens is 1. The largest absolute Gasteiger partial charge is 0.416 e. The van der Waals surface area contributed by atoms with Crippen molar-refractivity contribution in [2.45, 2.75) is 30.4 Å². The number of halogens is 8. The molecule has 0 radical (unpaired) electrons. The molecule has 0 aliphatic heterocycles. The van der Waals surface area contributed by atoms with Gasteiger partial charge in [0.2, 0.25) is 0 Å². The van der Waals surface area contributed by atoms with E-state index in [1.807, 2.05) is 0 Å². The zero-order valence-corrected chi connectivity index (χ0v) is 19.0. The van der Waals surface area contributed by atoms with Crippen LogP contribution in [0.3, 0.4) is 0 Å².